The van der Waals surface area contributed by atoms with Crippen LogP contribution >= 0.6 is 23.2 Å². The fourth-order valence-electron chi connectivity index (χ4n) is 4.51. The molecule has 0 radical (unpaired) electrons. The first-order valence-corrected chi connectivity index (χ1v) is 12.7. The van der Waals surface area contributed by atoms with Gasteiger partial charge in [0.2, 0.25) is 17.7 Å². The summed E-state index contributed by atoms with van der Waals surface area (Å²) < 4.78 is 13.2. The summed E-state index contributed by atoms with van der Waals surface area (Å²) in [7, 11) is 1.52. The minimum atomic E-state index is -0.875. The molecule has 3 N–H and O–H groups in total. The second kappa shape index (κ2) is 12.5. The molecular weight excluding hydrogens is 506 g/mol. The van der Waals surface area contributed by atoms with Gasteiger partial charge in [-0.3, -0.25) is 14.4 Å². The van der Waals surface area contributed by atoms with E-state index in [1.165, 1.54) is 29.0 Å². The molecule has 0 aromatic heterocycles. The van der Waals surface area contributed by atoms with Crippen LogP contribution in [0.25, 0.3) is 0 Å². The summed E-state index contributed by atoms with van der Waals surface area (Å²) in [5.74, 6) is -1.31. The number of hydrogen-bond acceptors (Lipinski definition) is 4. The average molecular weight is 537 g/mol. The number of carbonyl (C=O) groups excluding carboxylic acids is 3. The molecule has 1 saturated heterocycles. The van der Waals surface area contributed by atoms with E-state index in [0.29, 0.717) is 22.9 Å². The summed E-state index contributed by atoms with van der Waals surface area (Å²) in [5, 5.41) is 3.41. The van der Waals surface area contributed by atoms with E-state index < -0.39 is 18.1 Å². The fourth-order valence-corrected chi connectivity index (χ4v) is 4.83. The van der Waals surface area contributed by atoms with Gasteiger partial charge in [0.15, 0.2) is 0 Å². The molecule has 0 bridgehead atoms. The lowest BCUT2D eigenvalue weighted by molar-refractivity contribution is -0.156. The molecule has 2 aromatic rings. The van der Waals surface area contributed by atoms with Crippen molar-refractivity contribution in [3.8, 4) is 0 Å². The molecule has 1 heterocycles. The van der Waals surface area contributed by atoms with E-state index in [9.17, 15) is 18.8 Å². The van der Waals surface area contributed by atoms with Crippen molar-refractivity contribution in [2.24, 2.45) is 5.73 Å². The molecule has 3 rings (SSSR count). The van der Waals surface area contributed by atoms with Crippen molar-refractivity contribution in [3.05, 3.63) is 69.5 Å². The molecule has 3 amide bonds. The Balaban J connectivity index is 1.79. The van der Waals surface area contributed by atoms with Crippen LogP contribution in [0.2, 0.25) is 10.0 Å². The lowest BCUT2D eigenvalue weighted by atomic mass is 9.97. The molecule has 3 unspecified atom stereocenters. The summed E-state index contributed by atoms with van der Waals surface area (Å²) in [4.78, 5) is 42.8. The highest BCUT2D eigenvalue weighted by molar-refractivity contribution is 6.42. The van der Waals surface area contributed by atoms with Crippen LogP contribution in [0, 0.1) is 5.82 Å². The zero-order valence-corrected chi connectivity index (χ0v) is 21.9. The number of amides is 3. The maximum atomic E-state index is 13.6. The Morgan fingerprint density at radius 1 is 1.08 bits per heavy atom. The quantitative estimate of drug-likeness (QED) is 0.514. The maximum Gasteiger partial charge on any atom is 0.246 e. The van der Waals surface area contributed by atoms with Gasteiger partial charge < -0.3 is 20.9 Å². The van der Waals surface area contributed by atoms with Crippen LogP contribution in [0.15, 0.2) is 42.5 Å². The predicted octanol–water partition coefficient (Wildman–Crippen LogP) is 3.20. The first-order chi connectivity index (χ1) is 17.2. The van der Waals surface area contributed by atoms with Crippen LogP contribution in [-0.2, 0) is 27.2 Å². The second-order valence-corrected chi connectivity index (χ2v) is 9.70. The summed E-state index contributed by atoms with van der Waals surface area (Å²) >= 11 is 12.2. The Labute approximate surface area is 220 Å². The Morgan fingerprint density at radius 3 is 2.36 bits per heavy atom. The minimum Gasteiger partial charge on any atom is -0.357 e. The van der Waals surface area contributed by atoms with E-state index in [1.54, 1.807) is 30.3 Å². The third kappa shape index (κ3) is 6.55. The molecule has 7 nitrogen and oxygen atoms in total. The van der Waals surface area contributed by atoms with E-state index in [-0.39, 0.29) is 49.5 Å². The molecule has 1 aliphatic rings. The number of likely N-dealkylation sites (N-methyl/N-ethyl adjacent to an activating group) is 1. The fraction of sp³-hybridized carbons (Fsp3) is 0.423. The number of piperazine rings is 1. The van der Waals surface area contributed by atoms with Gasteiger partial charge in [-0.25, -0.2) is 4.39 Å². The van der Waals surface area contributed by atoms with Gasteiger partial charge in [-0.15, -0.1) is 0 Å². The molecule has 3 atom stereocenters. The zero-order valence-electron chi connectivity index (χ0n) is 20.3. The molecule has 0 saturated carbocycles. The third-order valence-electron chi connectivity index (χ3n) is 6.40. The van der Waals surface area contributed by atoms with E-state index >= 15 is 0 Å². The number of carbonyl (C=O) groups is 3. The highest BCUT2D eigenvalue weighted by Crippen LogP contribution is 2.26. The molecular formula is C26H31Cl2FN4O3. The lowest BCUT2D eigenvalue weighted by Crippen LogP contribution is -2.65. The number of rotatable bonds is 9. The maximum absolute atomic E-state index is 13.6. The number of halogens is 3. The topological polar surface area (TPSA) is 95.7 Å². The monoisotopic (exact) mass is 536 g/mol. The van der Waals surface area contributed by atoms with Crippen LogP contribution in [0.1, 0.15) is 30.9 Å². The van der Waals surface area contributed by atoms with E-state index in [4.69, 9.17) is 28.9 Å². The van der Waals surface area contributed by atoms with Crippen molar-refractivity contribution in [1.29, 1.82) is 0 Å². The van der Waals surface area contributed by atoms with Crippen molar-refractivity contribution in [2.75, 3.05) is 20.1 Å². The van der Waals surface area contributed by atoms with Gasteiger partial charge in [-0.1, -0.05) is 54.7 Å². The smallest absolute Gasteiger partial charge is 0.246 e. The van der Waals surface area contributed by atoms with Gasteiger partial charge in [-0.2, -0.15) is 0 Å². The Morgan fingerprint density at radius 2 is 1.75 bits per heavy atom. The van der Waals surface area contributed by atoms with Crippen molar-refractivity contribution >= 4 is 40.9 Å². The van der Waals surface area contributed by atoms with Gasteiger partial charge in [0.25, 0.3) is 0 Å². The highest BCUT2D eigenvalue weighted by Gasteiger charge is 2.42. The first-order valence-electron chi connectivity index (χ1n) is 11.9. The standard InChI is InChI=1S/C26H31Cl2FN4O3/c1-3-4-22-26(36)33(23(24(34)31-2)15-17-7-10-19(27)20(28)13-17)12-11-32(22)25(35)21(30)14-16-5-8-18(29)9-6-16/h5-10,13,21-23H,3-4,11-12,14-15,30H2,1-2H3,(H,31,34). The Bertz CT molecular complexity index is 1100. The molecule has 1 aliphatic heterocycles. The van der Waals surface area contributed by atoms with Crippen LogP contribution < -0.4 is 11.1 Å². The second-order valence-electron chi connectivity index (χ2n) is 8.89. The van der Waals surface area contributed by atoms with Gasteiger partial charge >= 0.3 is 0 Å². The zero-order chi connectivity index (χ0) is 26.4. The van der Waals surface area contributed by atoms with Crippen molar-refractivity contribution in [1.82, 2.24) is 15.1 Å². The molecule has 2 aromatic carbocycles. The number of benzene rings is 2. The molecule has 1 fully saturated rings. The normalized spacial score (nSPS) is 17.6. The first kappa shape index (κ1) is 27.9. The van der Waals surface area contributed by atoms with Crippen LogP contribution in [0.3, 0.4) is 0 Å². The van der Waals surface area contributed by atoms with Crippen molar-refractivity contribution < 1.29 is 18.8 Å². The van der Waals surface area contributed by atoms with Crippen LogP contribution in [0.5, 0.6) is 0 Å². The SMILES string of the molecule is CCCC1C(=O)N(C(Cc2ccc(Cl)c(Cl)c2)C(=O)NC)CCN1C(=O)C(N)Cc1ccc(F)cc1. The third-order valence-corrected chi connectivity index (χ3v) is 7.13. The van der Waals surface area contributed by atoms with E-state index in [2.05, 4.69) is 5.32 Å². The number of nitrogens with zero attached hydrogens (tertiary/aromatic N) is 2. The summed E-state index contributed by atoms with van der Waals surface area (Å²) in [6, 6.07) is 8.55. The average Bonchev–Trinajstić information content (AvgIpc) is 2.86. The van der Waals surface area contributed by atoms with E-state index in [0.717, 1.165) is 11.1 Å². The van der Waals surface area contributed by atoms with Crippen molar-refractivity contribution in [3.63, 3.8) is 0 Å². The minimum absolute atomic E-state index is 0.188. The van der Waals surface area contributed by atoms with E-state index in [1.807, 2.05) is 6.92 Å². The Hall–Kier alpha value is -2.68. The van der Waals surface area contributed by atoms with Crippen molar-refractivity contribution in [2.45, 2.75) is 50.7 Å². The van der Waals surface area contributed by atoms with Crippen LogP contribution in [-0.4, -0.2) is 65.8 Å². The molecule has 0 aliphatic carbocycles. The number of nitrogens with two attached hydrogens (primary N) is 1. The van der Waals surface area contributed by atoms with Gasteiger partial charge in [0, 0.05) is 26.6 Å². The lowest BCUT2D eigenvalue weighted by Gasteiger charge is -2.44. The van der Waals surface area contributed by atoms with Gasteiger partial charge in [0.05, 0.1) is 16.1 Å². The molecule has 0 spiro atoms. The predicted molar refractivity (Wildman–Crippen MR) is 138 cm³/mol. The Kier molecular flexibility index (Phi) is 9.70. The van der Waals surface area contributed by atoms with Crippen LogP contribution in [0.4, 0.5) is 4.39 Å². The number of hydrogen-bond donors (Lipinski definition) is 2. The molecule has 194 valence electrons. The summed E-state index contributed by atoms with van der Waals surface area (Å²) in [5.41, 5.74) is 7.71. The van der Waals surface area contributed by atoms with Gasteiger partial charge in [0.1, 0.15) is 17.9 Å². The van der Waals surface area contributed by atoms with Gasteiger partial charge in [-0.05, 0) is 48.2 Å². The molecule has 36 heavy (non-hydrogen) atoms. The highest BCUT2D eigenvalue weighted by atomic mass is 35.5. The largest absolute Gasteiger partial charge is 0.357 e. The number of nitrogens with one attached hydrogen (secondary N) is 1. The molecule has 10 heteroatoms. The summed E-state index contributed by atoms with van der Waals surface area (Å²) in [6.07, 6.45) is 1.58. The summed E-state index contributed by atoms with van der Waals surface area (Å²) in [6.45, 7) is 2.37.